The van der Waals surface area contributed by atoms with Crippen LogP contribution in [0.1, 0.15) is 18.4 Å². The molecule has 2 aromatic carbocycles. The highest BCUT2D eigenvalue weighted by atomic mass is 79.9. The smallest absolute Gasteiger partial charge is 0.292 e. The number of para-hydroxylation sites is 2. The van der Waals surface area contributed by atoms with Crippen molar-refractivity contribution in [2.45, 2.75) is 19.8 Å². The number of nitrogens with one attached hydrogen (secondary N) is 1. The van der Waals surface area contributed by atoms with E-state index in [1.807, 2.05) is 25.1 Å². The number of ether oxygens (including phenoxy) is 1. The van der Waals surface area contributed by atoms with Crippen LogP contribution < -0.4 is 10.1 Å². The van der Waals surface area contributed by atoms with Gasteiger partial charge in [0.2, 0.25) is 5.91 Å². The fourth-order valence-electron chi connectivity index (χ4n) is 2.09. The third kappa shape index (κ3) is 5.06. The third-order valence-corrected chi connectivity index (χ3v) is 3.89. The second-order valence-corrected chi connectivity index (χ2v) is 6.06. The molecule has 2 aromatic rings. The van der Waals surface area contributed by atoms with Crippen LogP contribution in [0.2, 0.25) is 0 Å². The third-order valence-electron chi connectivity index (χ3n) is 3.27. The molecular formula is C17H17BrN2O4. The molecule has 0 saturated heterocycles. The van der Waals surface area contributed by atoms with Crippen LogP contribution in [-0.2, 0) is 4.79 Å². The number of benzene rings is 2. The molecular weight excluding hydrogens is 376 g/mol. The van der Waals surface area contributed by atoms with E-state index in [1.165, 1.54) is 12.1 Å². The van der Waals surface area contributed by atoms with Gasteiger partial charge in [-0.1, -0.05) is 18.2 Å². The zero-order valence-electron chi connectivity index (χ0n) is 13.1. The Kier molecular flexibility index (Phi) is 6.31. The average molecular weight is 393 g/mol. The summed E-state index contributed by atoms with van der Waals surface area (Å²) in [6.07, 6.45) is 0.725. The van der Waals surface area contributed by atoms with Gasteiger partial charge in [-0.3, -0.25) is 14.9 Å². The first-order valence-corrected chi connectivity index (χ1v) is 8.19. The van der Waals surface area contributed by atoms with Crippen LogP contribution in [0.3, 0.4) is 0 Å². The Morgan fingerprint density at radius 2 is 2.04 bits per heavy atom. The SMILES string of the molecule is Cc1ccc(OCCCC(=O)Nc2ccccc2[N+](=O)[O-])c(Br)c1. The zero-order chi connectivity index (χ0) is 17.5. The monoisotopic (exact) mass is 392 g/mol. The Morgan fingerprint density at radius 3 is 2.75 bits per heavy atom. The van der Waals surface area contributed by atoms with Crippen molar-refractivity contribution >= 4 is 33.2 Å². The second kappa shape index (κ2) is 8.44. The minimum atomic E-state index is -0.520. The molecule has 0 bridgehead atoms. The number of aryl methyl sites for hydroxylation is 1. The molecule has 0 aliphatic rings. The molecule has 0 atom stereocenters. The van der Waals surface area contributed by atoms with Gasteiger partial charge in [0.1, 0.15) is 11.4 Å². The first-order chi connectivity index (χ1) is 11.5. The predicted octanol–water partition coefficient (Wildman–Crippen LogP) is 4.46. The van der Waals surface area contributed by atoms with Crippen LogP contribution in [-0.4, -0.2) is 17.4 Å². The number of nitro groups is 1. The van der Waals surface area contributed by atoms with E-state index in [9.17, 15) is 14.9 Å². The Bertz CT molecular complexity index is 749. The number of amides is 1. The van der Waals surface area contributed by atoms with Gasteiger partial charge >= 0.3 is 0 Å². The van der Waals surface area contributed by atoms with E-state index in [2.05, 4.69) is 21.2 Å². The Balaban J connectivity index is 1.81. The first kappa shape index (κ1) is 17.9. The lowest BCUT2D eigenvalue weighted by molar-refractivity contribution is -0.383. The van der Waals surface area contributed by atoms with Crippen LogP contribution in [0.25, 0.3) is 0 Å². The number of hydrogen-bond acceptors (Lipinski definition) is 4. The van der Waals surface area contributed by atoms with Gasteiger partial charge in [0, 0.05) is 12.5 Å². The summed E-state index contributed by atoms with van der Waals surface area (Å²) in [5.74, 6) is 0.440. The van der Waals surface area contributed by atoms with Crippen molar-refractivity contribution in [3.8, 4) is 5.75 Å². The van der Waals surface area contributed by atoms with E-state index in [-0.39, 0.29) is 23.7 Å². The zero-order valence-corrected chi connectivity index (χ0v) is 14.7. The van der Waals surface area contributed by atoms with Crippen molar-refractivity contribution in [2.24, 2.45) is 0 Å². The van der Waals surface area contributed by atoms with Crippen LogP contribution >= 0.6 is 15.9 Å². The van der Waals surface area contributed by atoms with E-state index in [0.29, 0.717) is 13.0 Å². The lowest BCUT2D eigenvalue weighted by Gasteiger charge is -2.09. The highest BCUT2D eigenvalue weighted by Gasteiger charge is 2.14. The molecule has 7 heteroatoms. The summed E-state index contributed by atoms with van der Waals surface area (Å²) in [6.45, 7) is 2.37. The van der Waals surface area contributed by atoms with Gasteiger partial charge in [0.25, 0.3) is 5.69 Å². The van der Waals surface area contributed by atoms with Crippen LogP contribution in [0, 0.1) is 17.0 Å². The molecule has 24 heavy (non-hydrogen) atoms. The molecule has 0 fully saturated rings. The normalized spacial score (nSPS) is 10.2. The maximum atomic E-state index is 11.9. The maximum Gasteiger partial charge on any atom is 0.292 e. The van der Waals surface area contributed by atoms with Crippen molar-refractivity contribution in [3.63, 3.8) is 0 Å². The average Bonchev–Trinajstić information content (AvgIpc) is 2.53. The van der Waals surface area contributed by atoms with Gasteiger partial charge in [-0.25, -0.2) is 0 Å². The molecule has 0 heterocycles. The van der Waals surface area contributed by atoms with Gasteiger partial charge in [0.05, 0.1) is 16.0 Å². The maximum absolute atomic E-state index is 11.9. The highest BCUT2D eigenvalue weighted by molar-refractivity contribution is 9.10. The molecule has 0 unspecified atom stereocenters. The lowest BCUT2D eigenvalue weighted by Crippen LogP contribution is -2.13. The summed E-state index contributed by atoms with van der Waals surface area (Å²) >= 11 is 3.43. The standard InChI is InChI=1S/C17H17BrN2O4/c1-12-8-9-16(13(18)11-12)24-10-4-7-17(21)19-14-5-2-3-6-15(14)20(22)23/h2-3,5-6,8-9,11H,4,7,10H2,1H3,(H,19,21). The molecule has 0 spiro atoms. The molecule has 1 amide bonds. The van der Waals surface area contributed by atoms with Crippen LogP contribution in [0.5, 0.6) is 5.75 Å². The number of halogens is 1. The Hall–Kier alpha value is -2.41. The van der Waals surface area contributed by atoms with Crippen molar-refractivity contribution in [1.29, 1.82) is 0 Å². The van der Waals surface area contributed by atoms with Crippen molar-refractivity contribution < 1.29 is 14.5 Å². The molecule has 0 aliphatic carbocycles. The molecule has 1 N–H and O–H groups in total. The fourth-order valence-corrected chi connectivity index (χ4v) is 2.70. The Morgan fingerprint density at radius 1 is 1.29 bits per heavy atom. The number of nitro benzene ring substituents is 1. The highest BCUT2D eigenvalue weighted by Crippen LogP contribution is 2.26. The van der Waals surface area contributed by atoms with Crippen molar-refractivity contribution in [3.05, 3.63) is 62.6 Å². The van der Waals surface area contributed by atoms with Gasteiger partial charge < -0.3 is 10.1 Å². The number of carbonyl (C=O) groups excluding carboxylic acids is 1. The van der Waals surface area contributed by atoms with Gasteiger partial charge in [-0.05, 0) is 53.0 Å². The molecule has 0 aromatic heterocycles. The van der Waals surface area contributed by atoms with E-state index in [4.69, 9.17) is 4.74 Å². The predicted molar refractivity (Wildman–Crippen MR) is 95.3 cm³/mol. The van der Waals surface area contributed by atoms with Gasteiger partial charge in [0.15, 0.2) is 0 Å². The summed E-state index contributed by atoms with van der Waals surface area (Å²) in [5, 5.41) is 13.5. The molecule has 0 aliphatic heterocycles. The summed E-state index contributed by atoms with van der Waals surface area (Å²) in [4.78, 5) is 22.3. The summed E-state index contributed by atoms with van der Waals surface area (Å²) < 4.78 is 6.49. The minimum Gasteiger partial charge on any atom is -0.492 e. The molecule has 6 nitrogen and oxygen atoms in total. The van der Waals surface area contributed by atoms with Gasteiger partial charge in [-0.15, -0.1) is 0 Å². The molecule has 0 radical (unpaired) electrons. The molecule has 0 saturated carbocycles. The van der Waals surface area contributed by atoms with Crippen LogP contribution in [0.15, 0.2) is 46.9 Å². The fraction of sp³-hybridized carbons (Fsp3) is 0.235. The van der Waals surface area contributed by atoms with E-state index < -0.39 is 4.92 Å². The topological polar surface area (TPSA) is 81.5 Å². The summed E-state index contributed by atoms with van der Waals surface area (Å²) in [5.41, 5.74) is 1.21. The number of hydrogen-bond donors (Lipinski definition) is 1. The number of nitrogens with zero attached hydrogens (tertiary/aromatic N) is 1. The van der Waals surface area contributed by atoms with E-state index in [1.54, 1.807) is 12.1 Å². The largest absolute Gasteiger partial charge is 0.492 e. The minimum absolute atomic E-state index is 0.120. The van der Waals surface area contributed by atoms with Gasteiger partial charge in [-0.2, -0.15) is 0 Å². The van der Waals surface area contributed by atoms with E-state index >= 15 is 0 Å². The number of anilines is 1. The van der Waals surface area contributed by atoms with Crippen molar-refractivity contribution in [1.82, 2.24) is 0 Å². The quantitative estimate of drug-likeness (QED) is 0.428. The molecule has 126 valence electrons. The second-order valence-electron chi connectivity index (χ2n) is 5.21. The number of rotatable bonds is 7. The van der Waals surface area contributed by atoms with E-state index in [0.717, 1.165) is 15.8 Å². The van der Waals surface area contributed by atoms with Crippen molar-refractivity contribution in [2.75, 3.05) is 11.9 Å². The summed E-state index contributed by atoms with van der Waals surface area (Å²) in [6, 6.07) is 11.8. The summed E-state index contributed by atoms with van der Waals surface area (Å²) in [7, 11) is 0. The van der Waals surface area contributed by atoms with Crippen LogP contribution in [0.4, 0.5) is 11.4 Å². The number of carbonyl (C=O) groups is 1. The molecule has 2 rings (SSSR count). The first-order valence-electron chi connectivity index (χ1n) is 7.39. The Labute approximate surface area is 148 Å². The lowest BCUT2D eigenvalue weighted by atomic mass is 10.2.